The first-order valence-corrected chi connectivity index (χ1v) is 12.5. The maximum Gasteiger partial charge on any atom is 0.138 e. The third kappa shape index (κ3) is 5.33. The molecule has 0 saturated heterocycles. The molecule has 4 atom stereocenters. The average Bonchev–Trinajstić information content (AvgIpc) is 3.05. The molecule has 0 heterocycles. The Morgan fingerprint density at radius 2 is 2.03 bits per heavy atom. The highest BCUT2D eigenvalue weighted by atomic mass is 16.3. The van der Waals surface area contributed by atoms with E-state index in [1.807, 2.05) is 20.8 Å². The van der Waals surface area contributed by atoms with E-state index in [2.05, 4.69) is 38.7 Å². The lowest BCUT2D eigenvalue weighted by atomic mass is 9.62. The highest BCUT2D eigenvalue weighted by Gasteiger charge is 2.45. The highest BCUT2D eigenvalue weighted by molar-refractivity contribution is 5.83. The van der Waals surface area contributed by atoms with Crippen LogP contribution in [0.15, 0.2) is 47.1 Å². The number of Topliss-reactive ketones (excluding diaryl/α,β-unsaturated/α-hetero) is 1. The molecule has 2 heteroatoms. The quantitative estimate of drug-likeness (QED) is 0.448. The fourth-order valence-electron chi connectivity index (χ4n) is 6.15. The number of fused-ring (bicyclic) bond motifs is 1. The van der Waals surface area contributed by atoms with Crippen molar-refractivity contribution >= 4 is 5.78 Å². The smallest absolute Gasteiger partial charge is 0.138 e. The topological polar surface area (TPSA) is 37.3 Å². The Balaban J connectivity index is 1.66. The summed E-state index contributed by atoms with van der Waals surface area (Å²) in [6.45, 7) is 15.1. The molecule has 0 aromatic carbocycles. The number of carbonyl (C=O) groups excluding carboxylic acids is 1. The van der Waals surface area contributed by atoms with Gasteiger partial charge in [-0.15, -0.1) is 0 Å². The van der Waals surface area contributed by atoms with Crippen LogP contribution in [-0.4, -0.2) is 17.0 Å². The van der Waals surface area contributed by atoms with Crippen LogP contribution in [0, 0.1) is 22.7 Å². The van der Waals surface area contributed by atoms with Gasteiger partial charge in [-0.1, -0.05) is 70.6 Å². The van der Waals surface area contributed by atoms with Gasteiger partial charge in [0.1, 0.15) is 5.78 Å². The van der Waals surface area contributed by atoms with Gasteiger partial charge in [-0.05, 0) is 86.2 Å². The summed E-state index contributed by atoms with van der Waals surface area (Å²) in [5.41, 5.74) is 5.42. The van der Waals surface area contributed by atoms with Gasteiger partial charge < -0.3 is 5.11 Å². The summed E-state index contributed by atoms with van der Waals surface area (Å²) >= 11 is 0. The van der Waals surface area contributed by atoms with E-state index in [-0.39, 0.29) is 16.9 Å². The molecule has 3 rings (SSSR count). The molecule has 0 aromatic rings. The molecule has 0 aliphatic heterocycles. The van der Waals surface area contributed by atoms with Gasteiger partial charge in [0.05, 0.1) is 6.10 Å². The summed E-state index contributed by atoms with van der Waals surface area (Å²) in [7, 11) is 0. The molecule has 0 bridgehead atoms. The number of carbonyl (C=O) groups is 1. The fourth-order valence-corrected chi connectivity index (χ4v) is 6.15. The number of aliphatic hydroxyl groups excluding tert-OH is 1. The zero-order valence-corrected chi connectivity index (χ0v) is 20.6. The molecule has 0 aromatic heterocycles. The van der Waals surface area contributed by atoms with Crippen LogP contribution in [0.3, 0.4) is 0 Å². The van der Waals surface area contributed by atoms with Gasteiger partial charge in [-0.25, -0.2) is 0 Å². The van der Waals surface area contributed by atoms with Gasteiger partial charge >= 0.3 is 0 Å². The van der Waals surface area contributed by atoms with Crippen molar-refractivity contribution in [3.8, 4) is 0 Å². The van der Waals surface area contributed by atoms with E-state index in [4.69, 9.17) is 0 Å². The molecular weight excluding hydrogens is 380 g/mol. The summed E-state index contributed by atoms with van der Waals surface area (Å²) in [5.74, 6) is 1.54. The lowest BCUT2D eigenvalue weighted by Gasteiger charge is -2.42. The van der Waals surface area contributed by atoms with Gasteiger partial charge in [0, 0.05) is 11.8 Å². The molecule has 31 heavy (non-hydrogen) atoms. The van der Waals surface area contributed by atoms with Crippen molar-refractivity contribution in [1.29, 1.82) is 0 Å². The van der Waals surface area contributed by atoms with Crippen molar-refractivity contribution in [3.63, 3.8) is 0 Å². The summed E-state index contributed by atoms with van der Waals surface area (Å²) < 4.78 is 0. The van der Waals surface area contributed by atoms with E-state index >= 15 is 0 Å². The molecule has 0 spiro atoms. The van der Waals surface area contributed by atoms with Crippen LogP contribution >= 0.6 is 0 Å². The monoisotopic (exact) mass is 424 g/mol. The third-order valence-corrected chi connectivity index (χ3v) is 8.26. The number of ketones is 1. The number of allylic oxidation sites excluding steroid dienone is 5. The molecule has 172 valence electrons. The molecule has 3 aliphatic rings. The van der Waals surface area contributed by atoms with Crippen molar-refractivity contribution in [2.24, 2.45) is 22.7 Å². The van der Waals surface area contributed by atoms with Crippen LogP contribution in [0.5, 0.6) is 0 Å². The second-order valence-corrected chi connectivity index (χ2v) is 11.6. The molecule has 2 nitrogen and oxygen atoms in total. The van der Waals surface area contributed by atoms with Crippen LogP contribution in [0.25, 0.3) is 0 Å². The standard InChI is InChI=1S/C29H44O2/c1-20(10-7-14-27(31)28(3,4)5)24-17-18-25-23(12-9-19-29(24,25)6)16-15-22-11-8-13-26(30)21(22)2/h15-17,20,25-26,30H,2,7-14,18-19H2,1,3-6H3/b22-15-,23-16+/t20-,25?,26?,29?/m1/s1. The predicted molar refractivity (Wildman–Crippen MR) is 131 cm³/mol. The second kappa shape index (κ2) is 9.61. The van der Waals surface area contributed by atoms with E-state index in [0.29, 0.717) is 24.0 Å². The number of hydrogen-bond donors (Lipinski definition) is 1. The normalized spacial score (nSPS) is 32.8. The summed E-state index contributed by atoms with van der Waals surface area (Å²) in [4.78, 5) is 12.3. The van der Waals surface area contributed by atoms with Gasteiger partial charge in [0.15, 0.2) is 0 Å². The fraction of sp³-hybridized carbons (Fsp3) is 0.690. The number of rotatable bonds is 6. The third-order valence-electron chi connectivity index (χ3n) is 8.26. The summed E-state index contributed by atoms with van der Waals surface area (Å²) in [6, 6.07) is 0. The molecule has 0 radical (unpaired) electrons. The largest absolute Gasteiger partial charge is 0.388 e. The van der Waals surface area contributed by atoms with Crippen molar-refractivity contribution in [2.45, 2.75) is 105 Å². The van der Waals surface area contributed by atoms with Crippen molar-refractivity contribution in [1.82, 2.24) is 0 Å². The maximum atomic E-state index is 12.3. The molecule has 2 fully saturated rings. The van der Waals surface area contributed by atoms with E-state index < -0.39 is 0 Å². The van der Waals surface area contributed by atoms with Gasteiger partial charge in [-0.2, -0.15) is 0 Å². The summed E-state index contributed by atoms with van der Waals surface area (Å²) in [5, 5.41) is 10.1. The summed E-state index contributed by atoms with van der Waals surface area (Å²) in [6.07, 6.45) is 17.4. The van der Waals surface area contributed by atoms with Crippen molar-refractivity contribution in [3.05, 3.63) is 47.1 Å². The lowest BCUT2D eigenvalue weighted by molar-refractivity contribution is -0.126. The molecule has 2 saturated carbocycles. The Labute approximate surface area is 190 Å². The Bertz CT molecular complexity index is 788. The Kier molecular flexibility index (Phi) is 7.51. The van der Waals surface area contributed by atoms with Crippen LogP contribution in [0.2, 0.25) is 0 Å². The number of hydrogen-bond acceptors (Lipinski definition) is 2. The average molecular weight is 425 g/mol. The maximum absolute atomic E-state index is 12.3. The minimum Gasteiger partial charge on any atom is -0.388 e. The van der Waals surface area contributed by atoms with Gasteiger partial charge in [-0.3, -0.25) is 4.79 Å². The Morgan fingerprint density at radius 1 is 1.29 bits per heavy atom. The van der Waals surface area contributed by atoms with Crippen LogP contribution < -0.4 is 0 Å². The van der Waals surface area contributed by atoms with Gasteiger partial charge in [0.25, 0.3) is 0 Å². The minimum atomic E-state index is -0.360. The van der Waals surface area contributed by atoms with Crippen LogP contribution in [-0.2, 0) is 4.79 Å². The van der Waals surface area contributed by atoms with Crippen LogP contribution in [0.4, 0.5) is 0 Å². The molecular formula is C29H44O2. The molecule has 3 unspecified atom stereocenters. The first-order chi connectivity index (χ1) is 14.5. The molecule has 1 N–H and O–H groups in total. The zero-order valence-electron chi connectivity index (χ0n) is 20.6. The van der Waals surface area contributed by atoms with Crippen LogP contribution in [0.1, 0.15) is 98.8 Å². The van der Waals surface area contributed by atoms with E-state index in [9.17, 15) is 9.90 Å². The predicted octanol–water partition coefficient (Wildman–Crippen LogP) is 7.50. The van der Waals surface area contributed by atoms with E-state index in [0.717, 1.165) is 44.1 Å². The SMILES string of the molecule is C=C1/C(=C\C=C2/CCCC3(C)C([C@H](C)CCCC(=O)C(C)(C)C)=CCC23)CCCC1O. The van der Waals surface area contributed by atoms with E-state index in [1.54, 1.807) is 11.1 Å². The van der Waals surface area contributed by atoms with Crippen molar-refractivity contribution < 1.29 is 9.90 Å². The van der Waals surface area contributed by atoms with Gasteiger partial charge in [0.2, 0.25) is 0 Å². The second-order valence-electron chi connectivity index (χ2n) is 11.6. The minimum absolute atomic E-state index is 0.218. The molecule has 0 amide bonds. The van der Waals surface area contributed by atoms with Crippen molar-refractivity contribution in [2.75, 3.05) is 0 Å². The first kappa shape index (κ1) is 24.2. The lowest BCUT2D eigenvalue weighted by Crippen LogP contribution is -2.32. The zero-order chi connectivity index (χ0) is 22.8. The Hall–Kier alpha value is -1.41. The first-order valence-electron chi connectivity index (χ1n) is 12.5. The van der Waals surface area contributed by atoms with E-state index in [1.165, 1.54) is 24.8 Å². The Morgan fingerprint density at radius 3 is 2.74 bits per heavy atom. The number of aliphatic hydroxyl groups is 1. The highest BCUT2D eigenvalue weighted by Crippen LogP contribution is 2.57. The molecule has 3 aliphatic carbocycles.